The van der Waals surface area contributed by atoms with Crippen LogP contribution in [0.4, 0.5) is 0 Å². The molecule has 108 valence electrons. The Morgan fingerprint density at radius 1 is 1.50 bits per heavy atom. The maximum Gasteiger partial charge on any atom is 0.262 e. The molecule has 1 amide bonds. The van der Waals surface area contributed by atoms with Crippen LogP contribution in [0.3, 0.4) is 0 Å². The molecule has 1 aromatic heterocycles. The lowest BCUT2D eigenvalue weighted by Crippen LogP contribution is -2.41. The van der Waals surface area contributed by atoms with Gasteiger partial charge in [-0.3, -0.25) is 9.69 Å². The van der Waals surface area contributed by atoms with E-state index in [9.17, 15) is 4.79 Å². The van der Waals surface area contributed by atoms with Gasteiger partial charge < -0.3 is 15.2 Å². The van der Waals surface area contributed by atoms with E-state index in [1.807, 2.05) is 5.38 Å². The highest BCUT2D eigenvalue weighted by Gasteiger charge is 2.13. The summed E-state index contributed by atoms with van der Waals surface area (Å²) in [6, 6.07) is 1.80. The zero-order chi connectivity index (χ0) is 14.2. The van der Waals surface area contributed by atoms with Crippen LogP contribution in [0.5, 0.6) is 0 Å². The van der Waals surface area contributed by atoms with Gasteiger partial charge in [0.15, 0.2) is 0 Å². The van der Waals surface area contributed by atoms with Gasteiger partial charge in [0.1, 0.15) is 11.5 Å². The molecular weight excluding hydrogens is 276 g/mol. The van der Waals surface area contributed by atoms with Crippen molar-refractivity contribution >= 4 is 17.2 Å². The fourth-order valence-corrected chi connectivity index (χ4v) is 2.72. The maximum atomic E-state index is 12.1. The second kappa shape index (κ2) is 8.02. The van der Waals surface area contributed by atoms with Crippen molar-refractivity contribution in [2.24, 2.45) is 0 Å². The van der Waals surface area contributed by atoms with E-state index in [1.165, 1.54) is 11.3 Å². The number of carbonyl (C=O) groups is 1. The topological polar surface area (TPSA) is 61.8 Å². The Balaban J connectivity index is 1.81. The third-order valence-corrected chi connectivity index (χ3v) is 3.90. The Labute approximate surface area is 122 Å². The van der Waals surface area contributed by atoms with E-state index < -0.39 is 0 Å². The summed E-state index contributed by atoms with van der Waals surface area (Å²) in [5.41, 5.74) is 0.674. The Kier molecular flexibility index (Phi) is 6.02. The van der Waals surface area contributed by atoms with Crippen LogP contribution in [0.1, 0.15) is 15.2 Å². The zero-order valence-electron chi connectivity index (χ0n) is 11.2. The number of hydrogen-bond donors (Lipinski definition) is 2. The predicted octanol–water partition coefficient (Wildman–Crippen LogP) is 0.154. The van der Waals surface area contributed by atoms with Crippen molar-refractivity contribution in [2.75, 3.05) is 46.0 Å². The molecule has 20 heavy (non-hydrogen) atoms. The normalized spacial score (nSPS) is 15.4. The number of nitrogens with one attached hydrogen (secondary N) is 1. The number of rotatable bonds is 4. The molecular formula is C14H18N2O3S. The first-order valence-corrected chi connectivity index (χ1v) is 7.44. The smallest absolute Gasteiger partial charge is 0.262 e. The van der Waals surface area contributed by atoms with E-state index in [4.69, 9.17) is 9.84 Å². The van der Waals surface area contributed by atoms with Crippen LogP contribution in [-0.2, 0) is 4.74 Å². The molecule has 0 atom stereocenters. The summed E-state index contributed by atoms with van der Waals surface area (Å²) in [5, 5.41) is 13.4. The minimum Gasteiger partial charge on any atom is -0.384 e. The van der Waals surface area contributed by atoms with Gasteiger partial charge in [-0.05, 0) is 11.4 Å². The Morgan fingerprint density at radius 3 is 3.05 bits per heavy atom. The summed E-state index contributed by atoms with van der Waals surface area (Å²) in [5.74, 6) is 5.25. The average Bonchev–Trinajstić information content (AvgIpc) is 2.94. The Hall–Kier alpha value is -1.39. The summed E-state index contributed by atoms with van der Waals surface area (Å²) in [7, 11) is 0. The molecule has 2 rings (SSSR count). The molecule has 2 N–H and O–H groups in total. The van der Waals surface area contributed by atoms with Crippen molar-refractivity contribution in [2.45, 2.75) is 0 Å². The van der Waals surface area contributed by atoms with Gasteiger partial charge in [-0.2, -0.15) is 0 Å². The summed E-state index contributed by atoms with van der Waals surface area (Å²) in [6.07, 6.45) is 0. The first-order valence-electron chi connectivity index (χ1n) is 6.57. The third kappa shape index (κ3) is 4.32. The summed E-state index contributed by atoms with van der Waals surface area (Å²) < 4.78 is 5.28. The SMILES string of the molecule is O=C(NCCN1CCOCC1)c1sccc1C#CCO. The molecule has 0 saturated carbocycles. The lowest BCUT2D eigenvalue weighted by molar-refractivity contribution is 0.0383. The predicted molar refractivity (Wildman–Crippen MR) is 77.9 cm³/mol. The van der Waals surface area contributed by atoms with Crippen molar-refractivity contribution in [3.05, 3.63) is 21.9 Å². The third-order valence-electron chi connectivity index (χ3n) is 2.99. The minimum atomic E-state index is -0.200. The monoisotopic (exact) mass is 294 g/mol. The highest BCUT2D eigenvalue weighted by Crippen LogP contribution is 2.15. The van der Waals surface area contributed by atoms with Crippen LogP contribution < -0.4 is 5.32 Å². The van der Waals surface area contributed by atoms with E-state index in [1.54, 1.807) is 6.07 Å². The van der Waals surface area contributed by atoms with Crippen LogP contribution in [0.2, 0.25) is 0 Å². The van der Waals surface area contributed by atoms with Crippen molar-refractivity contribution in [1.82, 2.24) is 10.2 Å². The lowest BCUT2D eigenvalue weighted by atomic mass is 10.2. The minimum absolute atomic E-state index is 0.101. The first-order chi connectivity index (χ1) is 9.81. The van der Waals surface area contributed by atoms with Gasteiger partial charge in [0.2, 0.25) is 0 Å². The Morgan fingerprint density at radius 2 is 2.30 bits per heavy atom. The number of morpholine rings is 1. The summed E-state index contributed by atoms with van der Waals surface area (Å²) >= 11 is 1.36. The molecule has 6 heteroatoms. The quantitative estimate of drug-likeness (QED) is 0.776. The molecule has 5 nitrogen and oxygen atoms in total. The Bertz CT molecular complexity index is 498. The van der Waals surface area contributed by atoms with E-state index in [2.05, 4.69) is 22.1 Å². The number of amides is 1. The highest BCUT2D eigenvalue weighted by atomic mass is 32.1. The first kappa shape index (κ1) is 15.0. The number of nitrogens with zero attached hydrogens (tertiary/aromatic N) is 1. The number of aliphatic hydroxyl groups excluding tert-OH is 1. The fourth-order valence-electron chi connectivity index (χ4n) is 1.95. The maximum absolute atomic E-state index is 12.1. The van der Waals surface area contributed by atoms with Gasteiger partial charge in [-0.1, -0.05) is 11.8 Å². The average molecular weight is 294 g/mol. The van der Waals surface area contributed by atoms with E-state index in [0.29, 0.717) is 17.0 Å². The van der Waals surface area contributed by atoms with Crippen LogP contribution in [-0.4, -0.2) is 61.9 Å². The molecule has 0 unspecified atom stereocenters. The largest absolute Gasteiger partial charge is 0.384 e. The number of ether oxygens (including phenoxy) is 1. The molecule has 1 aromatic rings. The second-order valence-electron chi connectivity index (χ2n) is 4.33. The number of hydrogen-bond acceptors (Lipinski definition) is 5. The second-order valence-corrected chi connectivity index (χ2v) is 5.25. The van der Waals surface area contributed by atoms with Gasteiger partial charge >= 0.3 is 0 Å². The van der Waals surface area contributed by atoms with Crippen molar-refractivity contribution in [1.29, 1.82) is 0 Å². The standard InChI is InChI=1S/C14H18N2O3S/c17-8-1-2-12-3-11-20-13(12)14(18)15-4-5-16-6-9-19-10-7-16/h3,11,17H,4-10H2,(H,15,18). The van der Waals surface area contributed by atoms with Gasteiger partial charge in [0.05, 0.1) is 13.2 Å². The number of thiophene rings is 1. The van der Waals surface area contributed by atoms with Crippen molar-refractivity contribution < 1.29 is 14.6 Å². The molecule has 0 aromatic carbocycles. The van der Waals surface area contributed by atoms with Gasteiger partial charge in [-0.25, -0.2) is 0 Å². The van der Waals surface area contributed by atoms with E-state index in [-0.39, 0.29) is 12.5 Å². The molecule has 1 fully saturated rings. The van der Waals surface area contributed by atoms with Gasteiger partial charge in [0, 0.05) is 31.7 Å². The van der Waals surface area contributed by atoms with Gasteiger partial charge in [-0.15, -0.1) is 11.3 Å². The molecule has 1 aliphatic rings. The summed E-state index contributed by atoms with van der Waals surface area (Å²) in [4.78, 5) is 14.9. The number of carbonyl (C=O) groups excluding carboxylic acids is 1. The van der Waals surface area contributed by atoms with Crippen molar-refractivity contribution in [3.63, 3.8) is 0 Å². The van der Waals surface area contributed by atoms with Crippen LogP contribution >= 0.6 is 11.3 Å². The van der Waals surface area contributed by atoms with E-state index in [0.717, 1.165) is 32.8 Å². The molecule has 1 saturated heterocycles. The van der Waals surface area contributed by atoms with Crippen LogP contribution in [0.25, 0.3) is 0 Å². The molecule has 0 aliphatic carbocycles. The van der Waals surface area contributed by atoms with Crippen LogP contribution in [0, 0.1) is 11.8 Å². The van der Waals surface area contributed by atoms with Crippen LogP contribution in [0.15, 0.2) is 11.4 Å². The molecule has 2 heterocycles. The molecule has 0 spiro atoms. The molecule has 1 aliphatic heterocycles. The highest BCUT2D eigenvalue weighted by molar-refractivity contribution is 7.12. The molecule has 0 radical (unpaired) electrons. The zero-order valence-corrected chi connectivity index (χ0v) is 12.0. The fraction of sp³-hybridized carbons (Fsp3) is 0.500. The summed E-state index contributed by atoms with van der Waals surface area (Å²) in [6.45, 7) is 4.61. The van der Waals surface area contributed by atoms with Crippen molar-refractivity contribution in [3.8, 4) is 11.8 Å². The number of aliphatic hydroxyl groups is 1. The molecule has 0 bridgehead atoms. The van der Waals surface area contributed by atoms with Gasteiger partial charge in [0.25, 0.3) is 5.91 Å². The lowest BCUT2D eigenvalue weighted by Gasteiger charge is -2.26. The van der Waals surface area contributed by atoms with E-state index >= 15 is 0 Å².